The van der Waals surface area contributed by atoms with Crippen molar-refractivity contribution in [2.24, 2.45) is 23.1 Å². The number of Topliss-reactive ketones (excluding diaryl/α,β-unsaturated/α-hetero) is 1. The van der Waals surface area contributed by atoms with E-state index in [-0.39, 0.29) is 95.4 Å². The Bertz CT molecular complexity index is 7070. The number of carboxylic acid groups (broad SMARTS) is 1. The third-order valence-corrected chi connectivity index (χ3v) is 30.9. The lowest BCUT2D eigenvalue weighted by Gasteiger charge is -2.25. The lowest BCUT2D eigenvalue weighted by Crippen LogP contribution is -2.47. The minimum Gasteiger partial charge on any atom is -0.477 e. The molecule has 0 saturated heterocycles. The first-order valence-electron chi connectivity index (χ1n) is 45.2. The minimum atomic E-state index is -4.62. The third kappa shape index (κ3) is 22.8. The van der Waals surface area contributed by atoms with Crippen LogP contribution in [-0.2, 0) is 96.1 Å². The van der Waals surface area contributed by atoms with Gasteiger partial charge in [-0.15, -0.1) is 45.3 Å². The number of ketones is 1. The monoisotopic (exact) mass is 2100 g/mol. The summed E-state index contributed by atoms with van der Waals surface area (Å²) in [7, 11) is 0. The summed E-state index contributed by atoms with van der Waals surface area (Å²) in [5.74, 6) is -3.50. The molecular weight excluding hydrogens is 2010 g/mol. The predicted molar refractivity (Wildman–Crippen MR) is 527 cm³/mol. The van der Waals surface area contributed by atoms with Crippen molar-refractivity contribution in [3.05, 3.63) is 321 Å². The van der Waals surface area contributed by atoms with Gasteiger partial charge in [-0.3, -0.25) is 62.1 Å². The van der Waals surface area contributed by atoms with Crippen LogP contribution in [0.5, 0.6) is 0 Å². The van der Waals surface area contributed by atoms with Crippen molar-refractivity contribution >= 4 is 139 Å². The van der Waals surface area contributed by atoms with Crippen LogP contribution in [0.4, 0.5) is 39.5 Å². The van der Waals surface area contributed by atoms with Crippen molar-refractivity contribution in [3.63, 3.8) is 0 Å². The number of carbonyl (C=O) groups excluding carboxylic acids is 7. The number of amides is 6. The summed E-state index contributed by atoms with van der Waals surface area (Å²) in [6.45, 7) is 5.31. The Kier molecular flexibility index (Phi) is 31.7. The number of nitrogens with zero attached hydrogens (tertiary/aromatic N) is 10. The SMILES string of the molecule is Cc1ccccc1C[C@@H](CN)CC(=O)c1cc2c(s1)CCCn1ncc(Cl)c1-2.NC[C@H](Cc1ccccc1C(F)(F)F)NC(=O)c1cc2c(s1)CCCn1ncc(Cl)c1-2.N[C@@H](Cc1ccccc1C(F)(F)F)CN1C(=O)c2ccccc2C1=O.O=C(N[C@@H](Cc1ccccc1C(F)(F)F)CN1C(=O)c2ccccc2C1=O)c1cc2c(s1)CCCn1ncc(Cl)c1-2.O=C(O)c1cc2c(s1)CCCn1ncc(Cl)c1-2. The largest absolute Gasteiger partial charge is 0.477 e. The molecule has 20 rings (SSSR count). The maximum Gasteiger partial charge on any atom is 0.416 e. The number of nitrogens with one attached hydrogen (secondary N) is 2. The molecule has 6 aromatic carbocycles. The Morgan fingerprint density at radius 1 is 0.401 bits per heavy atom. The van der Waals surface area contributed by atoms with Gasteiger partial charge in [0.25, 0.3) is 35.4 Å². The summed E-state index contributed by atoms with van der Waals surface area (Å²) >= 11 is 30.8. The number of thiophene rings is 4. The lowest BCUT2D eigenvalue weighted by atomic mass is 9.92. The first kappa shape index (κ1) is 103. The Hall–Kier alpha value is -12.3. The molecule has 0 fully saturated rings. The molecule has 6 amide bonds. The third-order valence-electron chi connectivity index (χ3n) is 25.0. The highest BCUT2D eigenvalue weighted by Gasteiger charge is 2.42. The standard InChI is InChI=1S/C29H22ClF3N4O3S.C22H24ClN3OS.C21H20ClF3N4OS.C18H15F3N2O2.C11H9ClN2O2S/c30-22-14-34-37-11-5-10-23-20(25(22)37)13-24(41-23)26(38)35-17(12-16-6-1-4-9-21(16)29(31,32)33)15-36-27(39)18-7-2-3-8-19(18)28(36)40;1-14-5-2-3-6-16(14)9-15(12-24)10-19(27)21-11-17-20(28-21)7-4-8-26-22(17)18(23)13-25-26;22-16-11-27-29-7-3-6-17-14(19(16)29)9-18(31-17)20(30)28-13(10-26)8-12-4-1-2-5-15(12)21(23,24)25;19-18(20,21)15-8-4-1-5-11(15)9-12(22)10-23-16(24)13-6-2-3-7-14(13)17(23)25;12-7-5-13-14-3-1-2-8-6(10(7)14)4-9(17-8)11(15)16/h1-4,6-9,13-14,17H,5,10-12,15H2,(H,35,38);2-3,5-6,11,13,15H,4,7-10,12,24H2,1H3;1-2,4-5,9,11,13H,3,6-8,10,26H2,(H,28,30);1-8,12H,9-10,22H2;4-5H,1-3H2,(H,15,16)/t17-;15-;13-;12-;/m0100./s1. The number of hydrogen-bond donors (Lipinski definition) is 6. The number of carbonyl (C=O) groups is 8. The van der Waals surface area contributed by atoms with Gasteiger partial charge in [-0.05, 0) is 191 Å². The molecular formula is C101H90Cl4F9N15O9S4. The molecule has 8 aromatic heterocycles. The molecule has 41 heteroatoms. The van der Waals surface area contributed by atoms with Crippen LogP contribution in [0.15, 0.2) is 195 Å². The number of fused-ring (bicyclic) bond motifs is 14. The first-order chi connectivity index (χ1) is 67.9. The number of halogens is 13. The molecule has 6 aliphatic heterocycles. The Balaban J connectivity index is 0.000000131. The molecule has 142 heavy (non-hydrogen) atoms. The van der Waals surface area contributed by atoms with Gasteiger partial charge < -0.3 is 32.9 Å². The van der Waals surface area contributed by atoms with Gasteiger partial charge in [0.05, 0.1) is 127 Å². The zero-order valence-electron chi connectivity index (χ0n) is 75.6. The van der Waals surface area contributed by atoms with E-state index in [2.05, 4.69) is 50.1 Å². The molecule has 4 atom stereocenters. The number of aryl methyl sites for hydroxylation is 9. The number of nitrogens with two attached hydrogens (primary N) is 3. The van der Waals surface area contributed by atoms with Gasteiger partial charge in [0, 0.05) is 106 Å². The summed E-state index contributed by atoms with van der Waals surface area (Å²) in [4.78, 5) is 109. The van der Waals surface area contributed by atoms with Crippen LogP contribution in [0.3, 0.4) is 0 Å². The molecule has 24 nitrogen and oxygen atoms in total. The van der Waals surface area contributed by atoms with Crippen LogP contribution in [0.1, 0.15) is 176 Å². The van der Waals surface area contributed by atoms with E-state index in [1.54, 1.807) is 101 Å². The van der Waals surface area contributed by atoms with Gasteiger partial charge in [-0.2, -0.15) is 59.9 Å². The fourth-order valence-corrected chi connectivity index (χ4v) is 23.5. The van der Waals surface area contributed by atoms with Crippen LogP contribution < -0.4 is 27.8 Å². The molecule has 738 valence electrons. The zero-order valence-corrected chi connectivity index (χ0v) is 81.9. The number of benzene rings is 6. The predicted octanol–water partition coefficient (Wildman–Crippen LogP) is 21.1. The van der Waals surface area contributed by atoms with Crippen LogP contribution in [0, 0.1) is 12.8 Å². The number of rotatable bonds is 22. The highest BCUT2D eigenvalue weighted by Crippen LogP contribution is 2.46. The van der Waals surface area contributed by atoms with Gasteiger partial charge in [-0.25, -0.2) is 4.79 Å². The minimum absolute atomic E-state index is 0.0123. The van der Waals surface area contributed by atoms with Crippen molar-refractivity contribution in [1.29, 1.82) is 0 Å². The summed E-state index contributed by atoms with van der Waals surface area (Å²) in [6, 6.07) is 41.3. The van der Waals surface area contributed by atoms with Crippen molar-refractivity contribution < 1.29 is 83.0 Å². The van der Waals surface area contributed by atoms with E-state index >= 15 is 0 Å². The number of aromatic carboxylic acids is 1. The summed E-state index contributed by atoms with van der Waals surface area (Å²) in [5.41, 5.74) is 26.0. The van der Waals surface area contributed by atoms with Crippen LogP contribution in [-0.4, -0.2) is 146 Å². The zero-order chi connectivity index (χ0) is 101. The van der Waals surface area contributed by atoms with E-state index in [1.807, 2.05) is 32.2 Å². The van der Waals surface area contributed by atoms with Crippen LogP contribution in [0.25, 0.3) is 45.0 Å². The molecule has 0 radical (unpaired) electrons. The fourth-order valence-electron chi connectivity index (χ4n) is 18.2. The Morgan fingerprint density at radius 2 is 0.711 bits per heavy atom. The van der Waals surface area contributed by atoms with E-state index in [1.165, 1.54) is 111 Å². The number of imide groups is 2. The van der Waals surface area contributed by atoms with E-state index in [0.29, 0.717) is 60.7 Å². The molecule has 0 unspecified atom stereocenters. The smallest absolute Gasteiger partial charge is 0.416 e. The van der Waals surface area contributed by atoms with Gasteiger partial charge in [-0.1, -0.05) is 150 Å². The lowest BCUT2D eigenvalue weighted by molar-refractivity contribution is -0.139. The number of hydrogen-bond acceptors (Lipinski definition) is 19. The van der Waals surface area contributed by atoms with E-state index in [0.717, 1.165) is 164 Å². The molecule has 0 aliphatic carbocycles. The molecule has 14 aromatic rings. The normalized spacial score (nSPS) is 14.8. The van der Waals surface area contributed by atoms with Gasteiger partial charge in [0.2, 0.25) is 0 Å². The molecule has 0 bridgehead atoms. The highest BCUT2D eigenvalue weighted by molar-refractivity contribution is 7.15. The van der Waals surface area contributed by atoms with Crippen LogP contribution in [0.2, 0.25) is 20.1 Å². The summed E-state index contributed by atoms with van der Waals surface area (Å²) in [6.07, 6.45) is 0.817. The second-order valence-electron chi connectivity index (χ2n) is 34.6. The second kappa shape index (κ2) is 43.9. The van der Waals surface area contributed by atoms with Crippen molar-refractivity contribution in [1.82, 2.24) is 59.6 Å². The average molecular weight is 2100 g/mol. The highest BCUT2D eigenvalue weighted by atomic mass is 35.5. The van der Waals surface area contributed by atoms with Crippen molar-refractivity contribution in [3.8, 4) is 45.0 Å². The van der Waals surface area contributed by atoms with Gasteiger partial charge in [0.1, 0.15) is 4.88 Å². The van der Waals surface area contributed by atoms with E-state index in [4.69, 9.17) is 68.7 Å². The van der Waals surface area contributed by atoms with Crippen molar-refractivity contribution in [2.45, 2.75) is 153 Å². The molecule has 0 spiro atoms. The summed E-state index contributed by atoms with van der Waals surface area (Å²) in [5, 5.41) is 34.0. The quantitative estimate of drug-likeness (QED) is 0.0209. The van der Waals surface area contributed by atoms with Gasteiger partial charge >= 0.3 is 24.5 Å². The maximum absolute atomic E-state index is 13.8. The number of alkyl halides is 9. The Labute approximate surface area is 843 Å². The van der Waals surface area contributed by atoms with Crippen molar-refractivity contribution in [2.75, 3.05) is 26.2 Å². The second-order valence-corrected chi connectivity index (χ2v) is 40.7. The average Bonchev–Trinajstić information content (AvgIpc) is 1.65. The molecule has 9 N–H and O–H groups in total. The molecule has 0 saturated carbocycles. The first-order valence-corrected chi connectivity index (χ1v) is 50.0. The topological polar surface area (TPSA) is 337 Å². The fraction of sp³-hybridized carbons (Fsp3) is 0.287. The van der Waals surface area contributed by atoms with Gasteiger partial charge in [0.15, 0.2) is 5.78 Å². The Morgan fingerprint density at radius 3 is 1.07 bits per heavy atom. The summed E-state index contributed by atoms with van der Waals surface area (Å²) < 4.78 is 128. The maximum atomic E-state index is 13.8. The molecule has 6 aliphatic rings. The van der Waals surface area contributed by atoms with Crippen LogP contribution >= 0.6 is 91.8 Å². The van der Waals surface area contributed by atoms with E-state index in [9.17, 15) is 77.9 Å². The van der Waals surface area contributed by atoms with E-state index < -0.39 is 88.8 Å². The number of carboxylic acids is 1. The molecule has 14 heterocycles. The number of aromatic nitrogens is 8.